The smallest absolute Gasteiger partial charge is 0.339 e. The number of fused-ring (bicyclic) bond motifs is 1. The first-order valence-corrected chi connectivity index (χ1v) is 9.60. The molecule has 4 rings (SSSR count). The third-order valence-electron chi connectivity index (χ3n) is 5.17. The second-order valence-electron chi connectivity index (χ2n) is 7.21. The standard InChI is InChI=1S/C22H23N3O4/c23-21(24)14-4-8-18-17(11-14)20(22(26)27)19(29-18)7-3-13-1-5-15(6-2-13)28-16-9-10-25-12-16/h1-2,4-6,8,11,16,25H,3,7,9-10,12H2,(H3,23,24)(H,26,27)/t16-/m0/s1. The average molecular weight is 393 g/mol. The summed E-state index contributed by atoms with van der Waals surface area (Å²) in [4.78, 5) is 11.8. The normalized spacial score (nSPS) is 16.2. The van der Waals surface area contributed by atoms with Gasteiger partial charge in [0.05, 0.1) is 0 Å². The van der Waals surface area contributed by atoms with Gasteiger partial charge in [0, 0.05) is 23.9 Å². The van der Waals surface area contributed by atoms with E-state index in [2.05, 4.69) is 5.32 Å². The maximum absolute atomic E-state index is 11.8. The van der Waals surface area contributed by atoms with Crippen LogP contribution in [-0.4, -0.2) is 36.1 Å². The van der Waals surface area contributed by atoms with Crippen LogP contribution in [0.5, 0.6) is 5.75 Å². The lowest BCUT2D eigenvalue weighted by atomic mass is 10.0. The first kappa shape index (κ1) is 19.0. The van der Waals surface area contributed by atoms with Gasteiger partial charge in [0.2, 0.25) is 0 Å². The zero-order valence-corrected chi connectivity index (χ0v) is 15.9. The van der Waals surface area contributed by atoms with E-state index < -0.39 is 5.97 Å². The Morgan fingerprint density at radius 1 is 1.24 bits per heavy atom. The second-order valence-corrected chi connectivity index (χ2v) is 7.21. The van der Waals surface area contributed by atoms with E-state index >= 15 is 0 Å². The number of nitrogen functional groups attached to an aromatic ring is 1. The van der Waals surface area contributed by atoms with Crippen LogP contribution in [-0.2, 0) is 12.8 Å². The first-order chi connectivity index (χ1) is 14.0. The van der Waals surface area contributed by atoms with Gasteiger partial charge in [-0.05, 0) is 55.3 Å². The van der Waals surface area contributed by atoms with E-state index in [0.29, 0.717) is 35.1 Å². The highest BCUT2D eigenvalue weighted by Crippen LogP contribution is 2.28. The number of hydrogen-bond acceptors (Lipinski definition) is 5. The fourth-order valence-electron chi connectivity index (χ4n) is 3.64. The van der Waals surface area contributed by atoms with E-state index in [1.165, 1.54) is 0 Å². The Morgan fingerprint density at radius 2 is 2.03 bits per heavy atom. The molecule has 1 fully saturated rings. The van der Waals surface area contributed by atoms with Crippen molar-refractivity contribution in [2.75, 3.05) is 13.1 Å². The van der Waals surface area contributed by atoms with Crippen LogP contribution in [0.15, 0.2) is 46.9 Å². The Balaban J connectivity index is 1.50. The molecule has 1 aliphatic rings. The van der Waals surface area contributed by atoms with Crippen molar-refractivity contribution in [2.45, 2.75) is 25.4 Å². The maximum Gasteiger partial charge on any atom is 0.339 e. The first-order valence-electron chi connectivity index (χ1n) is 9.60. The number of rotatable bonds is 7. The molecular formula is C22H23N3O4. The highest BCUT2D eigenvalue weighted by Gasteiger charge is 2.21. The molecular weight excluding hydrogens is 370 g/mol. The molecule has 0 unspecified atom stereocenters. The molecule has 3 aromatic rings. The average Bonchev–Trinajstić information content (AvgIpc) is 3.33. The molecule has 7 heteroatoms. The maximum atomic E-state index is 11.8. The van der Waals surface area contributed by atoms with Crippen molar-refractivity contribution in [2.24, 2.45) is 5.73 Å². The lowest BCUT2D eigenvalue weighted by molar-refractivity contribution is 0.0696. The summed E-state index contributed by atoms with van der Waals surface area (Å²) in [5.41, 5.74) is 7.69. The largest absolute Gasteiger partial charge is 0.489 e. The number of hydrogen-bond donors (Lipinski definition) is 4. The molecule has 0 spiro atoms. The van der Waals surface area contributed by atoms with Crippen molar-refractivity contribution in [3.8, 4) is 5.75 Å². The van der Waals surface area contributed by atoms with Gasteiger partial charge in [-0.3, -0.25) is 5.41 Å². The summed E-state index contributed by atoms with van der Waals surface area (Å²) < 4.78 is 11.7. The van der Waals surface area contributed by atoms with E-state index in [1.54, 1.807) is 18.2 Å². The minimum Gasteiger partial charge on any atom is -0.489 e. The van der Waals surface area contributed by atoms with E-state index in [1.807, 2.05) is 24.3 Å². The monoisotopic (exact) mass is 393 g/mol. The molecule has 0 amide bonds. The minimum absolute atomic E-state index is 0.110. The molecule has 1 aliphatic heterocycles. The Bertz CT molecular complexity index is 1050. The SMILES string of the molecule is N=C(N)c1ccc2oc(CCc3ccc(O[C@H]4CCNC4)cc3)c(C(=O)O)c2c1. The summed E-state index contributed by atoms with van der Waals surface area (Å²) in [6, 6.07) is 12.8. The van der Waals surface area contributed by atoms with Crippen LogP contribution >= 0.6 is 0 Å². The number of benzene rings is 2. The molecule has 0 bridgehead atoms. The number of aromatic carboxylic acids is 1. The predicted octanol–water partition coefficient (Wildman–Crippen LogP) is 2.94. The Morgan fingerprint density at radius 3 is 2.69 bits per heavy atom. The van der Waals surface area contributed by atoms with E-state index in [4.69, 9.17) is 20.3 Å². The molecule has 1 saturated heterocycles. The van der Waals surface area contributed by atoms with Gasteiger partial charge in [-0.15, -0.1) is 0 Å². The van der Waals surface area contributed by atoms with Gasteiger partial charge in [-0.25, -0.2) is 4.79 Å². The van der Waals surface area contributed by atoms with E-state index in [0.717, 1.165) is 30.8 Å². The second kappa shape index (κ2) is 7.97. The summed E-state index contributed by atoms with van der Waals surface area (Å²) in [5.74, 6) is 0.106. The molecule has 0 aliphatic carbocycles. The Kier molecular flexibility index (Phi) is 5.22. The number of furan rings is 1. The summed E-state index contributed by atoms with van der Waals surface area (Å²) >= 11 is 0. The number of carbonyl (C=O) groups is 1. The summed E-state index contributed by atoms with van der Waals surface area (Å²) in [6.45, 7) is 1.86. The number of nitrogens with one attached hydrogen (secondary N) is 2. The van der Waals surface area contributed by atoms with Crippen LogP contribution in [0.2, 0.25) is 0 Å². The van der Waals surface area contributed by atoms with Gasteiger partial charge in [0.25, 0.3) is 0 Å². The number of nitrogens with two attached hydrogens (primary N) is 1. The van der Waals surface area contributed by atoms with Crippen LogP contribution in [0.3, 0.4) is 0 Å². The zero-order chi connectivity index (χ0) is 20.4. The van der Waals surface area contributed by atoms with Gasteiger partial charge < -0.3 is 25.3 Å². The molecule has 0 saturated carbocycles. The third kappa shape index (κ3) is 4.09. The van der Waals surface area contributed by atoms with E-state index in [9.17, 15) is 9.90 Å². The van der Waals surface area contributed by atoms with Gasteiger partial charge in [0.15, 0.2) is 0 Å². The highest BCUT2D eigenvalue weighted by atomic mass is 16.5. The molecule has 2 aromatic carbocycles. The lowest BCUT2D eigenvalue weighted by Gasteiger charge is -2.12. The molecule has 2 heterocycles. The van der Waals surface area contributed by atoms with Crippen LogP contribution in [0, 0.1) is 5.41 Å². The molecule has 5 N–H and O–H groups in total. The van der Waals surface area contributed by atoms with Crippen molar-refractivity contribution in [3.05, 3.63) is 64.9 Å². The van der Waals surface area contributed by atoms with E-state index in [-0.39, 0.29) is 17.5 Å². The van der Waals surface area contributed by atoms with Crippen molar-refractivity contribution in [1.29, 1.82) is 5.41 Å². The highest BCUT2D eigenvalue weighted by molar-refractivity contribution is 6.06. The number of ether oxygens (including phenoxy) is 1. The topological polar surface area (TPSA) is 122 Å². The Labute approximate surface area is 168 Å². The van der Waals surface area contributed by atoms with Crippen LogP contribution in [0.1, 0.15) is 33.7 Å². The molecule has 1 aromatic heterocycles. The van der Waals surface area contributed by atoms with Gasteiger partial charge in [-0.1, -0.05) is 12.1 Å². The van der Waals surface area contributed by atoms with Gasteiger partial charge >= 0.3 is 5.97 Å². The summed E-state index contributed by atoms with van der Waals surface area (Å²) in [5, 5.41) is 21.0. The van der Waals surface area contributed by atoms with Crippen LogP contribution in [0.4, 0.5) is 0 Å². The van der Waals surface area contributed by atoms with Crippen molar-refractivity contribution in [3.63, 3.8) is 0 Å². The number of amidine groups is 1. The molecule has 0 radical (unpaired) electrons. The summed E-state index contributed by atoms with van der Waals surface area (Å²) in [7, 11) is 0. The third-order valence-corrected chi connectivity index (χ3v) is 5.17. The Hall–Kier alpha value is -3.32. The molecule has 7 nitrogen and oxygen atoms in total. The number of aryl methyl sites for hydroxylation is 2. The number of carboxylic acid groups (broad SMARTS) is 1. The minimum atomic E-state index is -1.05. The van der Waals surface area contributed by atoms with Crippen LogP contribution < -0.4 is 15.8 Å². The fourth-order valence-corrected chi connectivity index (χ4v) is 3.64. The van der Waals surface area contributed by atoms with Crippen molar-refractivity contribution < 1.29 is 19.1 Å². The summed E-state index contributed by atoms with van der Waals surface area (Å²) in [6.07, 6.45) is 2.33. The molecule has 1 atom stereocenters. The van der Waals surface area contributed by atoms with Crippen LogP contribution in [0.25, 0.3) is 11.0 Å². The van der Waals surface area contributed by atoms with Gasteiger partial charge in [-0.2, -0.15) is 0 Å². The predicted molar refractivity (Wildman–Crippen MR) is 110 cm³/mol. The van der Waals surface area contributed by atoms with Gasteiger partial charge in [0.1, 0.15) is 34.6 Å². The van der Waals surface area contributed by atoms with Crippen molar-refractivity contribution in [1.82, 2.24) is 5.32 Å². The zero-order valence-electron chi connectivity index (χ0n) is 15.9. The van der Waals surface area contributed by atoms with Crippen molar-refractivity contribution >= 4 is 22.8 Å². The fraction of sp³-hybridized carbons (Fsp3) is 0.273. The quantitative estimate of drug-likeness (QED) is 0.362. The number of carboxylic acids is 1. The molecule has 150 valence electrons. The lowest BCUT2D eigenvalue weighted by Crippen LogP contribution is -2.19. The molecule has 29 heavy (non-hydrogen) atoms.